The highest BCUT2D eigenvalue weighted by atomic mass is 16.3. The third kappa shape index (κ3) is 3.48. The minimum absolute atomic E-state index is 0.211. The Kier molecular flexibility index (Phi) is 4.96. The van der Waals surface area contributed by atoms with Crippen LogP contribution in [-0.2, 0) is 19.4 Å². The van der Waals surface area contributed by atoms with E-state index in [1.807, 2.05) is 11.6 Å². The van der Waals surface area contributed by atoms with Gasteiger partial charge in [-0.15, -0.1) is 0 Å². The van der Waals surface area contributed by atoms with Crippen LogP contribution in [0.1, 0.15) is 29.4 Å². The van der Waals surface area contributed by atoms with E-state index in [0.29, 0.717) is 0 Å². The van der Waals surface area contributed by atoms with Gasteiger partial charge in [-0.05, 0) is 56.7 Å². The van der Waals surface area contributed by atoms with Crippen LogP contribution in [0.2, 0.25) is 0 Å². The number of aliphatic hydroxyl groups excluding tert-OH is 1. The number of hydrogen-bond acceptors (Lipinski definition) is 2. The number of aliphatic hydroxyl groups is 1. The number of hydrogen-bond donors (Lipinski definition) is 1. The molecule has 1 N–H and O–H groups in total. The standard InChI is InChI=1S/C17H24N2O/c1-4-19-17(9-14(3)18-19)11-15(12-20)10-16-8-6-5-7-13(16)2/h5-9,15,20H,4,10-12H2,1-3H3. The van der Waals surface area contributed by atoms with Crippen LogP contribution >= 0.6 is 0 Å². The maximum absolute atomic E-state index is 9.68. The molecular weight excluding hydrogens is 248 g/mol. The van der Waals surface area contributed by atoms with Gasteiger partial charge in [-0.25, -0.2) is 0 Å². The first-order chi connectivity index (χ1) is 9.63. The van der Waals surface area contributed by atoms with Crippen molar-refractivity contribution in [3.8, 4) is 0 Å². The first-order valence-corrected chi connectivity index (χ1v) is 7.32. The van der Waals surface area contributed by atoms with Crippen LogP contribution < -0.4 is 0 Å². The maximum Gasteiger partial charge on any atom is 0.0596 e. The summed E-state index contributed by atoms with van der Waals surface area (Å²) in [4.78, 5) is 0. The Bertz CT molecular complexity index is 560. The molecule has 0 saturated heterocycles. The van der Waals surface area contributed by atoms with Gasteiger partial charge in [0.15, 0.2) is 0 Å². The summed E-state index contributed by atoms with van der Waals surface area (Å²) < 4.78 is 2.04. The fourth-order valence-corrected chi connectivity index (χ4v) is 2.68. The monoisotopic (exact) mass is 272 g/mol. The van der Waals surface area contributed by atoms with Crippen LogP contribution in [0.4, 0.5) is 0 Å². The van der Waals surface area contributed by atoms with E-state index < -0.39 is 0 Å². The van der Waals surface area contributed by atoms with Crippen LogP contribution in [0.5, 0.6) is 0 Å². The van der Waals surface area contributed by atoms with Crippen molar-refractivity contribution in [1.82, 2.24) is 9.78 Å². The average Bonchev–Trinajstić information content (AvgIpc) is 2.80. The first-order valence-electron chi connectivity index (χ1n) is 7.32. The molecule has 0 aliphatic carbocycles. The van der Waals surface area contributed by atoms with Gasteiger partial charge in [0, 0.05) is 18.8 Å². The smallest absolute Gasteiger partial charge is 0.0596 e. The summed E-state index contributed by atoms with van der Waals surface area (Å²) >= 11 is 0. The van der Waals surface area contributed by atoms with E-state index in [0.717, 1.165) is 25.1 Å². The molecule has 0 spiro atoms. The molecule has 0 aliphatic heterocycles. The van der Waals surface area contributed by atoms with Gasteiger partial charge in [-0.2, -0.15) is 5.10 Å². The highest BCUT2D eigenvalue weighted by Crippen LogP contribution is 2.18. The fourth-order valence-electron chi connectivity index (χ4n) is 2.68. The van der Waals surface area contributed by atoms with Gasteiger partial charge >= 0.3 is 0 Å². The van der Waals surface area contributed by atoms with E-state index in [9.17, 15) is 5.11 Å². The van der Waals surface area contributed by atoms with Crippen molar-refractivity contribution in [3.63, 3.8) is 0 Å². The van der Waals surface area contributed by atoms with Crippen molar-refractivity contribution >= 4 is 0 Å². The summed E-state index contributed by atoms with van der Waals surface area (Å²) in [6.45, 7) is 7.34. The molecule has 1 unspecified atom stereocenters. The lowest BCUT2D eigenvalue weighted by Crippen LogP contribution is -2.16. The molecule has 0 saturated carbocycles. The Morgan fingerprint density at radius 1 is 1.20 bits per heavy atom. The van der Waals surface area contributed by atoms with Crippen molar-refractivity contribution in [1.29, 1.82) is 0 Å². The number of aromatic nitrogens is 2. The van der Waals surface area contributed by atoms with E-state index >= 15 is 0 Å². The number of rotatable bonds is 6. The van der Waals surface area contributed by atoms with E-state index in [1.54, 1.807) is 0 Å². The van der Waals surface area contributed by atoms with Crippen LogP contribution in [0, 0.1) is 19.8 Å². The topological polar surface area (TPSA) is 38.0 Å². The van der Waals surface area contributed by atoms with Crippen LogP contribution in [-0.4, -0.2) is 21.5 Å². The molecule has 1 aromatic heterocycles. The second-order valence-corrected chi connectivity index (χ2v) is 5.48. The predicted octanol–water partition coefficient (Wildman–Crippen LogP) is 2.91. The van der Waals surface area contributed by atoms with Crippen molar-refractivity contribution in [2.75, 3.05) is 6.61 Å². The molecule has 0 radical (unpaired) electrons. The molecule has 20 heavy (non-hydrogen) atoms. The largest absolute Gasteiger partial charge is 0.396 e. The van der Waals surface area contributed by atoms with Gasteiger partial charge in [-0.1, -0.05) is 24.3 Å². The maximum atomic E-state index is 9.68. The molecule has 0 amide bonds. The molecule has 1 heterocycles. The Labute approximate surface area is 121 Å². The highest BCUT2D eigenvalue weighted by Gasteiger charge is 2.14. The molecule has 2 rings (SSSR count). The Balaban J connectivity index is 2.11. The van der Waals surface area contributed by atoms with Crippen molar-refractivity contribution < 1.29 is 5.11 Å². The van der Waals surface area contributed by atoms with E-state index in [2.05, 4.69) is 49.3 Å². The molecule has 3 nitrogen and oxygen atoms in total. The summed E-state index contributed by atoms with van der Waals surface area (Å²) in [7, 11) is 0. The SMILES string of the molecule is CCn1nc(C)cc1CC(CO)Cc1ccccc1C. The van der Waals surface area contributed by atoms with Crippen LogP contribution in [0.3, 0.4) is 0 Å². The van der Waals surface area contributed by atoms with Gasteiger partial charge in [0.2, 0.25) is 0 Å². The van der Waals surface area contributed by atoms with Crippen LogP contribution in [0.15, 0.2) is 30.3 Å². The Hall–Kier alpha value is -1.61. The van der Waals surface area contributed by atoms with Crippen molar-refractivity contribution in [2.45, 2.75) is 40.2 Å². The van der Waals surface area contributed by atoms with Gasteiger partial charge in [-0.3, -0.25) is 4.68 Å². The van der Waals surface area contributed by atoms with Crippen molar-refractivity contribution in [2.24, 2.45) is 5.92 Å². The molecule has 108 valence electrons. The zero-order valence-electron chi connectivity index (χ0n) is 12.6. The summed E-state index contributed by atoms with van der Waals surface area (Å²) in [6.07, 6.45) is 1.79. The first kappa shape index (κ1) is 14.8. The zero-order chi connectivity index (χ0) is 14.5. The van der Waals surface area contributed by atoms with Gasteiger partial charge in [0.1, 0.15) is 0 Å². The fraction of sp³-hybridized carbons (Fsp3) is 0.471. The molecule has 0 bridgehead atoms. The Morgan fingerprint density at radius 2 is 1.95 bits per heavy atom. The van der Waals surface area contributed by atoms with E-state index in [1.165, 1.54) is 16.8 Å². The average molecular weight is 272 g/mol. The Morgan fingerprint density at radius 3 is 2.60 bits per heavy atom. The lowest BCUT2D eigenvalue weighted by Gasteiger charge is -2.16. The minimum Gasteiger partial charge on any atom is -0.396 e. The predicted molar refractivity (Wildman–Crippen MR) is 81.8 cm³/mol. The molecular formula is C17H24N2O. The van der Waals surface area contributed by atoms with Gasteiger partial charge in [0.25, 0.3) is 0 Å². The molecule has 1 aromatic carbocycles. The molecule has 0 fully saturated rings. The second kappa shape index (κ2) is 6.71. The summed E-state index contributed by atoms with van der Waals surface area (Å²) in [6, 6.07) is 10.5. The van der Waals surface area contributed by atoms with Crippen LogP contribution in [0.25, 0.3) is 0 Å². The molecule has 1 atom stereocenters. The number of nitrogens with zero attached hydrogens (tertiary/aromatic N) is 2. The third-order valence-corrected chi connectivity index (χ3v) is 3.81. The molecule has 3 heteroatoms. The lowest BCUT2D eigenvalue weighted by molar-refractivity contribution is 0.222. The van der Waals surface area contributed by atoms with E-state index in [4.69, 9.17) is 0 Å². The molecule has 0 aliphatic rings. The quantitative estimate of drug-likeness (QED) is 0.878. The van der Waals surface area contributed by atoms with Gasteiger partial charge in [0.05, 0.1) is 5.69 Å². The zero-order valence-corrected chi connectivity index (χ0v) is 12.6. The van der Waals surface area contributed by atoms with Gasteiger partial charge < -0.3 is 5.11 Å². The number of benzene rings is 1. The second-order valence-electron chi connectivity index (χ2n) is 5.48. The lowest BCUT2D eigenvalue weighted by atomic mass is 9.93. The normalized spacial score (nSPS) is 12.6. The minimum atomic E-state index is 0.211. The van der Waals surface area contributed by atoms with Crippen molar-refractivity contribution in [3.05, 3.63) is 52.8 Å². The number of aryl methyl sites for hydroxylation is 3. The summed E-state index contributed by atoms with van der Waals surface area (Å²) in [5, 5.41) is 14.2. The third-order valence-electron chi connectivity index (χ3n) is 3.81. The van der Waals surface area contributed by atoms with E-state index in [-0.39, 0.29) is 12.5 Å². The summed E-state index contributed by atoms with van der Waals surface area (Å²) in [5.41, 5.74) is 4.89. The summed E-state index contributed by atoms with van der Waals surface area (Å²) in [5.74, 6) is 0.248. The highest BCUT2D eigenvalue weighted by molar-refractivity contribution is 5.26. The molecule has 2 aromatic rings.